The van der Waals surface area contributed by atoms with E-state index in [1.165, 1.54) is 0 Å². The molecule has 2 aromatic heterocycles. The summed E-state index contributed by atoms with van der Waals surface area (Å²) >= 11 is 0. The first-order valence-corrected chi connectivity index (χ1v) is 7.51. The van der Waals surface area contributed by atoms with Crippen molar-refractivity contribution in [3.8, 4) is 5.69 Å². The number of nitrogens with one attached hydrogen (secondary N) is 1. The predicted molar refractivity (Wildman–Crippen MR) is 82.7 cm³/mol. The van der Waals surface area contributed by atoms with Crippen LogP contribution in [0.2, 0.25) is 0 Å². The molecule has 116 valence electrons. The van der Waals surface area contributed by atoms with Gasteiger partial charge in [-0.1, -0.05) is 0 Å². The minimum atomic E-state index is 0.0471. The highest BCUT2D eigenvalue weighted by molar-refractivity contribution is 5.94. The van der Waals surface area contributed by atoms with Crippen LogP contribution < -0.4 is 5.32 Å². The summed E-state index contributed by atoms with van der Waals surface area (Å²) in [5.41, 5.74) is 1.51. The van der Waals surface area contributed by atoms with E-state index in [2.05, 4.69) is 15.4 Å². The summed E-state index contributed by atoms with van der Waals surface area (Å²) in [7, 11) is 1.71. The molecule has 1 aliphatic rings. The van der Waals surface area contributed by atoms with Crippen LogP contribution in [0.4, 0.5) is 5.69 Å². The Balaban J connectivity index is 1.70. The van der Waals surface area contributed by atoms with Crippen LogP contribution in [-0.4, -0.2) is 34.4 Å². The van der Waals surface area contributed by atoms with E-state index in [9.17, 15) is 4.79 Å². The van der Waals surface area contributed by atoms with Gasteiger partial charge in [0.15, 0.2) is 0 Å². The first-order valence-electron chi connectivity index (χ1n) is 7.51. The highest BCUT2D eigenvalue weighted by atomic mass is 16.5. The normalized spacial score (nSPS) is 21.0. The number of methoxy groups -OCH3 is 1. The summed E-state index contributed by atoms with van der Waals surface area (Å²) in [6, 6.07) is 3.68. The van der Waals surface area contributed by atoms with E-state index >= 15 is 0 Å². The summed E-state index contributed by atoms with van der Waals surface area (Å²) in [6.45, 7) is 0.731. The van der Waals surface area contributed by atoms with Gasteiger partial charge in [0.25, 0.3) is 0 Å². The molecule has 1 fully saturated rings. The van der Waals surface area contributed by atoms with Crippen molar-refractivity contribution in [1.29, 1.82) is 0 Å². The standard InChI is InChI=1S/C16H20N4O2/c1-22-11-12-3-4-13(9-12)16(21)19-14-10-17-7-5-15(14)20-8-2-6-18-20/h2,5-8,10,12-13H,3-4,9,11H2,1H3,(H,19,21)/t12-,13+/m1/s1. The maximum absolute atomic E-state index is 12.5. The van der Waals surface area contributed by atoms with Crippen molar-refractivity contribution in [2.24, 2.45) is 11.8 Å². The van der Waals surface area contributed by atoms with Crippen LogP contribution in [0.5, 0.6) is 0 Å². The smallest absolute Gasteiger partial charge is 0.227 e. The van der Waals surface area contributed by atoms with Gasteiger partial charge in [-0.2, -0.15) is 5.10 Å². The Bertz CT molecular complexity index is 627. The molecular formula is C16H20N4O2. The zero-order valence-electron chi connectivity index (χ0n) is 12.6. The minimum Gasteiger partial charge on any atom is -0.384 e. The average Bonchev–Trinajstić information content (AvgIpc) is 3.19. The van der Waals surface area contributed by atoms with Crippen molar-refractivity contribution in [3.05, 3.63) is 36.9 Å². The number of anilines is 1. The molecule has 2 aromatic rings. The van der Waals surface area contributed by atoms with Crippen molar-refractivity contribution < 1.29 is 9.53 Å². The lowest BCUT2D eigenvalue weighted by Gasteiger charge is -2.14. The van der Waals surface area contributed by atoms with Gasteiger partial charge in [0.2, 0.25) is 5.91 Å². The lowest BCUT2D eigenvalue weighted by atomic mass is 10.0. The van der Waals surface area contributed by atoms with Gasteiger partial charge >= 0.3 is 0 Å². The first-order chi connectivity index (χ1) is 10.8. The lowest BCUT2D eigenvalue weighted by molar-refractivity contribution is -0.119. The van der Waals surface area contributed by atoms with E-state index < -0.39 is 0 Å². The molecule has 2 heterocycles. The third-order valence-corrected chi connectivity index (χ3v) is 4.12. The van der Waals surface area contributed by atoms with Gasteiger partial charge in [0, 0.05) is 38.2 Å². The molecule has 1 aliphatic carbocycles. The fraction of sp³-hybridized carbons (Fsp3) is 0.438. The van der Waals surface area contributed by atoms with Crippen molar-refractivity contribution in [2.75, 3.05) is 19.0 Å². The molecule has 2 atom stereocenters. The molecular weight excluding hydrogens is 280 g/mol. The summed E-state index contributed by atoms with van der Waals surface area (Å²) < 4.78 is 6.91. The van der Waals surface area contributed by atoms with Gasteiger partial charge in [-0.05, 0) is 37.3 Å². The molecule has 22 heavy (non-hydrogen) atoms. The largest absolute Gasteiger partial charge is 0.384 e. The molecule has 0 aliphatic heterocycles. The monoisotopic (exact) mass is 300 g/mol. The Kier molecular flexibility index (Phi) is 4.48. The van der Waals surface area contributed by atoms with Crippen LogP contribution in [0.25, 0.3) is 5.69 Å². The highest BCUT2D eigenvalue weighted by Crippen LogP contribution is 2.32. The zero-order chi connectivity index (χ0) is 15.4. The predicted octanol–water partition coefficient (Wildman–Crippen LogP) is 2.27. The van der Waals surface area contributed by atoms with Crippen LogP contribution in [-0.2, 0) is 9.53 Å². The Morgan fingerprint density at radius 3 is 3.14 bits per heavy atom. The lowest BCUT2D eigenvalue weighted by Crippen LogP contribution is -2.22. The number of carbonyl (C=O) groups is 1. The van der Waals surface area contributed by atoms with Gasteiger partial charge in [0.05, 0.1) is 17.6 Å². The van der Waals surface area contributed by atoms with Crippen LogP contribution >= 0.6 is 0 Å². The summed E-state index contributed by atoms with van der Waals surface area (Å²) in [5, 5.41) is 7.21. The molecule has 1 saturated carbocycles. The molecule has 0 aromatic carbocycles. The third kappa shape index (κ3) is 3.17. The average molecular weight is 300 g/mol. The molecule has 3 rings (SSSR count). The minimum absolute atomic E-state index is 0.0471. The van der Waals surface area contributed by atoms with Gasteiger partial charge in [-0.25, -0.2) is 4.68 Å². The Labute approximate surface area is 129 Å². The van der Waals surface area contributed by atoms with E-state index in [4.69, 9.17) is 4.74 Å². The fourth-order valence-electron chi connectivity index (χ4n) is 3.03. The van der Waals surface area contributed by atoms with E-state index in [-0.39, 0.29) is 11.8 Å². The molecule has 0 unspecified atom stereocenters. The van der Waals surface area contributed by atoms with Gasteiger partial charge in [-0.3, -0.25) is 9.78 Å². The topological polar surface area (TPSA) is 69.0 Å². The van der Waals surface area contributed by atoms with E-state index in [1.807, 2.05) is 18.3 Å². The number of rotatable bonds is 5. The van der Waals surface area contributed by atoms with E-state index in [0.717, 1.165) is 31.6 Å². The molecule has 6 nitrogen and oxygen atoms in total. The number of pyridine rings is 1. The molecule has 1 N–H and O–H groups in total. The molecule has 6 heteroatoms. The Morgan fingerprint density at radius 1 is 1.45 bits per heavy atom. The van der Waals surface area contributed by atoms with Crippen LogP contribution in [0.3, 0.4) is 0 Å². The maximum atomic E-state index is 12.5. The SMILES string of the molecule is COC[C@@H]1CC[C@H](C(=O)Nc2cnccc2-n2cccn2)C1. The van der Waals surface area contributed by atoms with Gasteiger partial charge in [-0.15, -0.1) is 0 Å². The van der Waals surface area contributed by atoms with Crippen LogP contribution in [0.1, 0.15) is 19.3 Å². The number of nitrogens with zero attached hydrogens (tertiary/aromatic N) is 3. The van der Waals surface area contributed by atoms with Gasteiger partial charge in [0.1, 0.15) is 0 Å². The first kappa shape index (κ1) is 14.7. The second kappa shape index (κ2) is 6.70. The molecule has 1 amide bonds. The Hall–Kier alpha value is -2.21. The number of hydrogen-bond acceptors (Lipinski definition) is 4. The van der Waals surface area contributed by atoms with Crippen molar-refractivity contribution in [3.63, 3.8) is 0 Å². The van der Waals surface area contributed by atoms with Crippen LogP contribution in [0, 0.1) is 11.8 Å². The number of carbonyl (C=O) groups excluding carboxylic acids is 1. The number of aromatic nitrogens is 3. The summed E-state index contributed by atoms with van der Waals surface area (Å²) in [4.78, 5) is 16.6. The second-order valence-corrected chi connectivity index (χ2v) is 5.66. The second-order valence-electron chi connectivity index (χ2n) is 5.66. The van der Waals surface area contributed by atoms with Gasteiger partial charge < -0.3 is 10.1 Å². The maximum Gasteiger partial charge on any atom is 0.227 e. The van der Waals surface area contributed by atoms with Crippen LogP contribution in [0.15, 0.2) is 36.9 Å². The Morgan fingerprint density at radius 2 is 2.36 bits per heavy atom. The zero-order valence-corrected chi connectivity index (χ0v) is 12.6. The molecule has 0 bridgehead atoms. The van der Waals surface area contributed by atoms with Crippen molar-refractivity contribution in [1.82, 2.24) is 14.8 Å². The quantitative estimate of drug-likeness (QED) is 0.919. The van der Waals surface area contributed by atoms with Crippen molar-refractivity contribution in [2.45, 2.75) is 19.3 Å². The number of amides is 1. The van der Waals surface area contributed by atoms with E-state index in [0.29, 0.717) is 11.6 Å². The molecule has 0 spiro atoms. The summed E-state index contributed by atoms with van der Waals surface area (Å²) in [6.07, 6.45) is 9.75. The number of hydrogen-bond donors (Lipinski definition) is 1. The van der Waals surface area contributed by atoms with E-state index in [1.54, 1.807) is 30.4 Å². The highest BCUT2D eigenvalue weighted by Gasteiger charge is 2.30. The van der Waals surface area contributed by atoms with Crippen molar-refractivity contribution >= 4 is 11.6 Å². The fourth-order valence-corrected chi connectivity index (χ4v) is 3.03. The summed E-state index contributed by atoms with van der Waals surface area (Å²) in [5.74, 6) is 0.589. The molecule has 0 saturated heterocycles. The molecule has 0 radical (unpaired) electrons. The number of ether oxygens (including phenoxy) is 1. The third-order valence-electron chi connectivity index (χ3n) is 4.12.